The molecule has 3 N–H and O–H groups in total. The number of rotatable bonds is 2. The summed E-state index contributed by atoms with van der Waals surface area (Å²) in [5.41, 5.74) is 7.37. The Labute approximate surface area is 123 Å². The first-order chi connectivity index (χ1) is 8.87. The number of amides is 1. The van der Waals surface area contributed by atoms with Crippen molar-refractivity contribution in [3.05, 3.63) is 28.2 Å². The van der Waals surface area contributed by atoms with E-state index in [1.807, 2.05) is 6.07 Å². The Morgan fingerprint density at radius 1 is 1.37 bits per heavy atom. The molecule has 0 unspecified atom stereocenters. The number of nitrogens with one attached hydrogen (secondary N) is 1. The third-order valence-corrected chi connectivity index (χ3v) is 4.43. The molecule has 1 aliphatic carbocycles. The Hall–Kier alpha value is -1.03. The molecule has 1 aliphatic rings. The van der Waals surface area contributed by atoms with E-state index in [0.29, 0.717) is 16.7 Å². The first-order valence-corrected chi connectivity index (χ1v) is 7.53. The third kappa shape index (κ3) is 3.72. The summed E-state index contributed by atoms with van der Waals surface area (Å²) in [5.74, 6) is -0.0605. The van der Waals surface area contributed by atoms with E-state index in [-0.39, 0.29) is 11.9 Å². The van der Waals surface area contributed by atoms with E-state index >= 15 is 0 Å². The molecule has 0 bridgehead atoms. The number of hydrogen-bond donors (Lipinski definition) is 2. The van der Waals surface area contributed by atoms with Crippen LogP contribution in [0.15, 0.2) is 22.7 Å². The minimum atomic E-state index is -0.0605. The maximum Gasteiger partial charge on any atom is 0.253 e. The summed E-state index contributed by atoms with van der Waals surface area (Å²) in [6.45, 7) is 4.58. The van der Waals surface area contributed by atoms with Crippen LogP contribution < -0.4 is 11.1 Å². The van der Waals surface area contributed by atoms with Gasteiger partial charge in [-0.25, -0.2) is 0 Å². The zero-order valence-electron chi connectivity index (χ0n) is 11.5. The van der Waals surface area contributed by atoms with Crippen LogP contribution in [-0.2, 0) is 0 Å². The first-order valence-electron chi connectivity index (χ1n) is 6.73. The van der Waals surface area contributed by atoms with Crippen molar-refractivity contribution in [2.24, 2.45) is 5.41 Å². The number of carbonyl (C=O) groups excluding carboxylic acids is 1. The number of nitrogen functional groups attached to an aromatic ring is 1. The summed E-state index contributed by atoms with van der Waals surface area (Å²) < 4.78 is 0.890. The first kappa shape index (κ1) is 14.4. The van der Waals surface area contributed by atoms with Crippen LogP contribution in [0, 0.1) is 5.41 Å². The Morgan fingerprint density at radius 2 is 2.00 bits per heavy atom. The molecule has 1 saturated carbocycles. The molecule has 19 heavy (non-hydrogen) atoms. The number of carbonyl (C=O) groups is 1. The second-order valence-electron chi connectivity index (χ2n) is 6.14. The van der Waals surface area contributed by atoms with Gasteiger partial charge in [-0.05, 0) is 49.3 Å². The lowest BCUT2D eigenvalue weighted by atomic mass is 9.75. The molecule has 0 aliphatic heterocycles. The Kier molecular flexibility index (Phi) is 4.19. The highest BCUT2D eigenvalue weighted by molar-refractivity contribution is 9.10. The van der Waals surface area contributed by atoms with Gasteiger partial charge in [0.1, 0.15) is 0 Å². The van der Waals surface area contributed by atoms with E-state index in [1.165, 1.54) is 0 Å². The van der Waals surface area contributed by atoms with Gasteiger partial charge in [0.2, 0.25) is 0 Å². The monoisotopic (exact) mass is 324 g/mol. The topological polar surface area (TPSA) is 55.1 Å². The molecule has 1 fully saturated rings. The van der Waals surface area contributed by atoms with Gasteiger partial charge in [-0.15, -0.1) is 0 Å². The average Bonchev–Trinajstić information content (AvgIpc) is 2.31. The summed E-state index contributed by atoms with van der Waals surface area (Å²) in [7, 11) is 0. The highest BCUT2D eigenvalue weighted by atomic mass is 79.9. The zero-order valence-corrected chi connectivity index (χ0v) is 13.1. The van der Waals surface area contributed by atoms with Crippen molar-refractivity contribution < 1.29 is 4.79 Å². The molecule has 104 valence electrons. The van der Waals surface area contributed by atoms with Crippen LogP contribution in [0.5, 0.6) is 0 Å². The van der Waals surface area contributed by atoms with Crippen LogP contribution in [0.2, 0.25) is 0 Å². The summed E-state index contributed by atoms with van der Waals surface area (Å²) >= 11 is 3.34. The highest BCUT2D eigenvalue weighted by Crippen LogP contribution is 2.35. The van der Waals surface area contributed by atoms with Crippen molar-refractivity contribution in [1.29, 1.82) is 0 Å². The minimum Gasteiger partial charge on any atom is -0.398 e. The van der Waals surface area contributed by atoms with E-state index in [2.05, 4.69) is 35.1 Å². The molecule has 0 aromatic heterocycles. The number of hydrogen-bond acceptors (Lipinski definition) is 2. The van der Waals surface area contributed by atoms with Crippen LogP contribution >= 0.6 is 15.9 Å². The van der Waals surface area contributed by atoms with Crippen molar-refractivity contribution in [1.82, 2.24) is 5.32 Å². The zero-order chi connectivity index (χ0) is 14.0. The third-order valence-electron chi connectivity index (χ3n) is 3.93. The van der Waals surface area contributed by atoms with Crippen molar-refractivity contribution in [3.8, 4) is 0 Å². The fourth-order valence-corrected chi connectivity index (χ4v) is 2.93. The van der Waals surface area contributed by atoms with Crippen LogP contribution in [0.25, 0.3) is 0 Å². The molecule has 0 spiro atoms. The van der Waals surface area contributed by atoms with E-state index < -0.39 is 0 Å². The second kappa shape index (κ2) is 5.53. The van der Waals surface area contributed by atoms with E-state index in [0.717, 1.165) is 30.2 Å². The van der Waals surface area contributed by atoms with Gasteiger partial charge in [0.25, 0.3) is 5.91 Å². The number of anilines is 1. The fraction of sp³-hybridized carbons (Fsp3) is 0.533. The van der Waals surface area contributed by atoms with Crippen molar-refractivity contribution in [3.63, 3.8) is 0 Å². The molecule has 0 radical (unpaired) electrons. The molecule has 2 rings (SSSR count). The highest BCUT2D eigenvalue weighted by Gasteiger charge is 2.27. The van der Waals surface area contributed by atoms with Gasteiger partial charge in [0, 0.05) is 16.2 Å². The minimum absolute atomic E-state index is 0.0605. The van der Waals surface area contributed by atoms with Crippen molar-refractivity contribution >= 4 is 27.5 Å². The Bertz CT molecular complexity index is 475. The quantitative estimate of drug-likeness (QED) is 0.814. The molecule has 1 aromatic carbocycles. The lowest BCUT2D eigenvalue weighted by molar-refractivity contribution is 0.0910. The van der Waals surface area contributed by atoms with Gasteiger partial charge in [0.15, 0.2) is 0 Å². The van der Waals surface area contributed by atoms with E-state index in [1.54, 1.807) is 12.1 Å². The SMILES string of the molecule is CC1(C)CCC(NC(=O)c2ccc(Br)cc2N)CC1. The molecule has 3 nitrogen and oxygen atoms in total. The smallest absolute Gasteiger partial charge is 0.253 e. The van der Waals surface area contributed by atoms with Gasteiger partial charge in [-0.1, -0.05) is 29.8 Å². The summed E-state index contributed by atoms with van der Waals surface area (Å²) in [5, 5.41) is 3.10. The molecule has 1 aromatic rings. The lowest BCUT2D eigenvalue weighted by Gasteiger charge is -2.34. The fourth-order valence-electron chi connectivity index (χ4n) is 2.55. The van der Waals surface area contributed by atoms with Crippen LogP contribution in [0.1, 0.15) is 49.9 Å². The molecular weight excluding hydrogens is 304 g/mol. The van der Waals surface area contributed by atoms with Gasteiger partial charge in [-0.2, -0.15) is 0 Å². The standard InChI is InChI=1S/C15H21BrN2O/c1-15(2)7-5-11(6-8-15)18-14(19)12-4-3-10(16)9-13(12)17/h3-4,9,11H,5-8,17H2,1-2H3,(H,18,19). The number of nitrogens with two attached hydrogens (primary N) is 1. The molecule has 1 amide bonds. The maximum atomic E-state index is 12.2. The summed E-state index contributed by atoms with van der Waals surface area (Å²) in [6.07, 6.45) is 4.42. The molecule has 0 atom stereocenters. The maximum absolute atomic E-state index is 12.2. The van der Waals surface area contributed by atoms with Gasteiger partial charge >= 0.3 is 0 Å². The molecule has 4 heteroatoms. The van der Waals surface area contributed by atoms with E-state index in [4.69, 9.17) is 5.73 Å². The lowest BCUT2D eigenvalue weighted by Crippen LogP contribution is -2.39. The van der Waals surface area contributed by atoms with Gasteiger partial charge < -0.3 is 11.1 Å². The summed E-state index contributed by atoms with van der Waals surface area (Å²) in [6, 6.07) is 5.65. The van der Waals surface area contributed by atoms with Crippen LogP contribution in [0.3, 0.4) is 0 Å². The van der Waals surface area contributed by atoms with Gasteiger partial charge in [-0.3, -0.25) is 4.79 Å². The Morgan fingerprint density at radius 3 is 2.58 bits per heavy atom. The predicted octanol–water partition coefficient (Wildman–Crippen LogP) is 3.73. The van der Waals surface area contributed by atoms with Gasteiger partial charge in [0.05, 0.1) is 5.56 Å². The molecule has 0 saturated heterocycles. The average molecular weight is 325 g/mol. The van der Waals surface area contributed by atoms with Crippen molar-refractivity contribution in [2.75, 3.05) is 5.73 Å². The summed E-state index contributed by atoms with van der Waals surface area (Å²) in [4.78, 5) is 12.2. The number of halogens is 1. The van der Waals surface area contributed by atoms with Crippen molar-refractivity contribution in [2.45, 2.75) is 45.6 Å². The number of benzene rings is 1. The largest absolute Gasteiger partial charge is 0.398 e. The molecular formula is C15H21BrN2O. The second-order valence-corrected chi connectivity index (χ2v) is 7.06. The van der Waals surface area contributed by atoms with Crippen LogP contribution in [-0.4, -0.2) is 11.9 Å². The van der Waals surface area contributed by atoms with E-state index in [9.17, 15) is 4.79 Å². The van der Waals surface area contributed by atoms with Crippen LogP contribution in [0.4, 0.5) is 5.69 Å². The molecule has 0 heterocycles. The Balaban J connectivity index is 1.98. The normalized spacial score (nSPS) is 19.1. The predicted molar refractivity (Wildman–Crippen MR) is 82.1 cm³/mol.